The Balaban J connectivity index is 0.754. The highest BCUT2D eigenvalue weighted by atomic mass is 32.1. The summed E-state index contributed by atoms with van der Waals surface area (Å²) in [5.41, 5.74) is 12.5. The van der Waals surface area contributed by atoms with Crippen molar-refractivity contribution in [3.8, 4) is 22.6 Å². The number of hydrogen-bond acceptors (Lipinski definition) is 8. The summed E-state index contributed by atoms with van der Waals surface area (Å²) in [6.45, 7) is 8.54. The van der Waals surface area contributed by atoms with Crippen LogP contribution in [0.2, 0.25) is 0 Å². The summed E-state index contributed by atoms with van der Waals surface area (Å²) in [6, 6.07) is 34.7. The molecule has 2 aliphatic heterocycles. The Kier molecular flexibility index (Phi) is 9.72. The van der Waals surface area contributed by atoms with Gasteiger partial charge in [0.05, 0.1) is 18.3 Å². The number of rotatable bonds is 6. The van der Waals surface area contributed by atoms with Crippen molar-refractivity contribution in [2.24, 2.45) is 16.3 Å². The van der Waals surface area contributed by atoms with E-state index < -0.39 is 0 Å². The second kappa shape index (κ2) is 15.6. The van der Waals surface area contributed by atoms with Crippen LogP contribution in [0.15, 0.2) is 119 Å². The van der Waals surface area contributed by atoms with Crippen LogP contribution in [0.3, 0.4) is 0 Å². The molecule has 2 aliphatic carbocycles. The van der Waals surface area contributed by atoms with Crippen molar-refractivity contribution in [1.29, 1.82) is 0 Å². The molecule has 0 radical (unpaired) electrons. The first-order valence-corrected chi connectivity index (χ1v) is 22.9. The molecule has 3 aromatic heterocycles. The van der Waals surface area contributed by atoms with E-state index in [-0.39, 0.29) is 12.0 Å². The van der Waals surface area contributed by atoms with Gasteiger partial charge in [-0.1, -0.05) is 72.5 Å². The van der Waals surface area contributed by atoms with Crippen molar-refractivity contribution in [2.75, 3.05) is 18.0 Å². The molecule has 5 heterocycles. The van der Waals surface area contributed by atoms with Gasteiger partial charge in [-0.3, -0.25) is 9.56 Å². The first-order chi connectivity index (χ1) is 30.3. The fourth-order valence-electron chi connectivity index (χ4n) is 10.8. The van der Waals surface area contributed by atoms with Crippen LogP contribution < -0.4 is 4.90 Å². The van der Waals surface area contributed by atoms with Crippen LogP contribution >= 0.6 is 11.3 Å². The van der Waals surface area contributed by atoms with Crippen molar-refractivity contribution in [2.45, 2.75) is 83.6 Å². The first kappa shape index (κ1) is 38.7. The SMILES string of the molecule is Cc1sc2c(c1C)C(c1ccc(C#CC3CC4(CCN(c5ccc([C@H]6c7ccc(O)cc7CC[C@H]6c6ccccc6)cc5)CC4)C3)cc1)=N[C@@H](Cc1ncco1)c1nnc(C)n1-2. The molecule has 1 saturated heterocycles. The van der Waals surface area contributed by atoms with Crippen molar-refractivity contribution < 1.29 is 9.52 Å². The number of aromatic nitrogens is 4. The molecule has 1 N–H and O–H groups in total. The largest absolute Gasteiger partial charge is 0.508 e. The predicted molar refractivity (Wildman–Crippen MR) is 246 cm³/mol. The number of anilines is 1. The average molecular weight is 835 g/mol. The summed E-state index contributed by atoms with van der Waals surface area (Å²) in [5, 5.41) is 20.5. The highest BCUT2D eigenvalue weighted by Gasteiger charge is 2.45. The number of phenolic OH excluding ortho intramolecular Hbond substituents is 1. The molecule has 11 rings (SSSR count). The van der Waals surface area contributed by atoms with Crippen LogP contribution in [-0.2, 0) is 12.8 Å². The molecule has 4 aromatic carbocycles. The van der Waals surface area contributed by atoms with Gasteiger partial charge in [0.2, 0.25) is 0 Å². The van der Waals surface area contributed by atoms with Crippen LogP contribution in [0.25, 0.3) is 5.00 Å². The number of nitrogens with zero attached hydrogens (tertiary/aromatic N) is 6. The summed E-state index contributed by atoms with van der Waals surface area (Å²) in [7, 11) is 0. The Morgan fingerprint density at radius 3 is 2.44 bits per heavy atom. The van der Waals surface area contributed by atoms with Gasteiger partial charge in [0, 0.05) is 52.2 Å². The predicted octanol–water partition coefficient (Wildman–Crippen LogP) is 11.0. The number of piperidine rings is 1. The summed E-state index contributed by atoms with van der Waals surface area (Å²) >= 11 is 1.77. The van der Waals surface area contributed by atoms with Gasteiger partial charge < -0.3 is 14.4 Å². The van der Waals surface area contributed by atoms with E-state index in [4.69, 9.17) is 9.41 Å². The van der Waals surface area contributed by atoms with Gasteiger partial charge in [0.25, 0.3) is 0 Å². The zero-order chi connectivity index (χ0) is 42.0. The Morgan fingerprint density at radius 2 is 1.68 bits per heavy atom. The maximum Gasteiger partial charge on any atom is 0.196 e. The van der Waals surface area contributed by atoms with E-state index >= 15 is 0 Å². The van der Waals surface area contributed by atoms with Gasteiger partial charge in [-0.15, -0.1) is 21.5 Å². The van der Waals surface area contributed by atoms with Crippen LogP contribution in [0.5, 0.6) is 5.75 Å². The van der Waals surface area contributed by atoms with E-state index in [1.165, 1.54) is 64.1 Å². The van der Waals surface area contributed by atoms with Crippen molar-refractivity contribution in [3.63, 3.8) is 0 Å². The van der Waals surface area contributed by atoms with Crippen molar-refractivity contribution in [1.82, 2.24) is 19.7 Å². The molecule has 0 bridgehead atoms. The highest BCUT2D eigenvalue weighted by Crippen LogP contribution is 2.53. The normalized spacial score (nSPS) is 20.3. The molecule has 1 spiro atoms. The van der Waals surface area contributed by atoms with Gasteiger partial charge in [-0.25, -0.2) is 4.98 Å². The van der Waals surface area contributed by atoms with E-state index in [9.17, 15) is 5.11 Å². The minimum atomic E-state index is -0.294. The van der Waals surface area contributed by atoms with Gasteiger partial charge in [0.15, 0.2) is 11.7 Å². The Hall–Kier alpha value is -6.24. The van der Waals surface area contributed by atoms with Crippen molar-refractivity contribution in [3.05, 3.63) is 176 Å². The molecular weight excluding hydrogens is 785 g/mol. The third-order valence-corrected chi connectivity index (χ3v) is 15.5. The Morgan fingerprint density at radius 1 is 0.887 bits per heavy atom. The van der Waals surface area contributed by atoms with E-state index in [1.54, 1.807) is 23.8 Å². The lowest BCUT2D eigenvalue weighted by atomic mass is 9.58. The molecule has 0 amide bonds. The molecule has 3 atom stereocenters. The zero-order valence-corrected chi connectivity index (χ0v) is 36.3. The topological polar surface area (TPSA) is 92.6 Å². The smallest absolute Gasteiger partial charge is 0.196 e. The lowest BCUT2D eigenvalue weighted by Gasteiger charge is -2.51. The molecule has 8 nitrogen and oxygen atoms in total. The number of aryl methyl sites for hydroxylation is 3. The van der Waals surface area contributed by atoms with Gasteiger partial charge >= 0.3 is 0 Å². The molecule has 9 heteroatoms. The fourth-order valence-corrected chi connectivity index (χ4v) is 12.1. The lowest BCUT2D eigenvalue weighted by molar-refractivity contribution is 0.0576. The van der Waals surface area contributed by atoms with E-state index in [1.807, 2.05) is 19.1 Å². The van der Waals surface area contributed by atoms with Gasteiger partial charge in [0.1, 0.15) is 28.9 Å². The zero-order valence-electron chi connectivity index (χ0n) is 35.5. The Bertz CT molecular complexity index is 2850. The van der Waals surface area contributed by atoms with Crippen LogP contribution in [0.1, 0.15) is 117 Å². The van der Waals surface area contributed by atoms with Crippen LogP contribution in [0.4, 0.5) is 5.69 Å². The van der Waals surface area contributed by atoms with Gasteiger partial charge in [-0.05, 0) is 135 Å². The maximum atomic E-state index is 10.3. The third kappa shape index (κ3) is 6.95. The van der Waals surface area contributed by atoms with Gasteiger partial charge in [-0.2, -0.15) is 0 Å². The number of hydrogen-bond donors (Lipinski definition) is 1. The number of aliphatic imine (C=N–C) groups is 1. The van der Waals surface area contributed by atoms with Crippen molar-refractivity contribution >= 4 is 22.7 Å². The minimum Gasteiger partial charge on any atom is -0.508 e. The fraction of sp³-hybridized carbons (Fsp3) is 0.321. The maximum absolute atomic E-state index is 10.3. The quantitative estimate of drug-likeness (QED) is 0.168. The lowest BCUT2D eigenvalue weighted by Crippen LogP contribution is -2.46. The molecule has 1 saturated carbocycles. The standard InChI is InChI=1S/C53H50N6O2S/c1-33-34(2)62-52-48(33)50(55-46(30-47-54-25-28-61-47)51-57-56-35(3)59(51)52)40-13-11-36(12-14-40)9-10-37-31-53(32-37)23-26-58(27-24-53)42-18-15-39(16-19-42)49-44(38-7-5-4-6-8-38)21-17-41-29-43(60)20-22-45(41)49/h4-8,11-16,18-20,22,25,28-29,37,44,46,49,60H,17,21,23-24,26-27,30-32H2,1-3H3/t44-,46-,49+/m0/s1. The molecule has 2 fully saturated rings. The highest BCUT2D eigenvalue weighted by molar-refractivity contribution is 7.15. The molecule has 0 unspecified atom stereocenters. The van der Waals surface area contributed by atoms with E-state index in [2.05, 4.69) is 135 Å². The summed E-state index contributed by atoms with van der Waals surface area (Å²) < 4.78 is 7.83. The summed E-state index contributed by atoms with van der Waals surface area (Å²) in [4.78, 5) is 13.6. The molecule has 62 heavy (non-hydrogen) atoms. The second-order valence-electron chi connectivity index (χ2n) is 18.0. The number of fused-ring (bicyclic) bond motifs is 4. The summed E-state index contributed by atoms with van der Waals surface area (Å²) in [6.07, 6.45) is 10.7. The average Bonchev–Trinajstić information content (AvgIpc) is 4.00. The molecule has 7 aromatic rings. The number of benzene rings is 4. The van der Waals surface area contributed by atoms with Crippen LogP contribution in [-0.4, -0.2) is 43.7 Å². The monoisotopic (exact) mass is 834 g/mol. The number of thiophene rings is 1. The first-order valence-electron chi connectivity index (χ1n) is 22.1. The molecular formula is C53H50N6O2S. The number of aromatic hydroxyl groups is 1. The van der Waals surface area contributed by atoms with E-state index in [0.29, 0.717) is 35.3 Å². The third-order valence-electron chi connectivity index (χ3n) is 14.3. The minimum absolute atomic E-state index is 0.267. The number of oxazole rings is 1. The molecule has 310 valence electrons. The molecule has 4 aliphatic rings. The van der Waals surface area contributed by atoms with Crippen LogP contribution in [0, 0.1) is 43.9 Å². The number of phenols is 1. The second-order valence-corrected chi connectivity index (χ2v) is 19.2. The Labute approximate surface area is 367 Å². The summed E-state index contributed by atoms with van der Waals surface area (Å²) in [5.74, 6) is 11.0. The van der Waals surface area contributed by atoms with E-state index in [0.717, 1.165) is 65.0 Å².